The quantitative estimate of drug-likeness (QED) is 0.714. The zero-order valence-corrected chi connectivity index (χ0v) is 15.3. The lowest BCUT2D eigenvalue weighted by Gasteiger charge is -2.25. The van der Waals surface area contributed by atoms with Crippen LogP contribution in [0.1, 0.15) is 31.1 Å². The number of hydrogen-bond donors (Lipinski definition) is 0. The number of methoxy groups -OCH3 is 1. The second kappa shape index (κ2) is 6.98. The third kappa shape index (κ3) is 4.11. The molecule has 0 saturated carbocycles. The fourth-order valence-corrected chi connectivity index (χ4v) is 3.76. The summed E-state index contributed by atoms with van der Waals surface area (Å²) in [7, 11) is 2.72. The number of benzene rings is 1. The predicted molar refractivity (Wildman–Crippen MR) is 85.6 cm³/mol. The summed E-state index contributed by atoms with van der Waals surface area (Å²) < 4.78 is 28.7. The SMILES string of the molecule is CCN(C(=O)c1cc(Br)c(OC)c(S(=O)(=O)Cl)c1)C(C)C. The molecule has 0 N–H and O–H groups in total. The number of carbonyl (C=O) groups excluding carboxylic acids is 1. The molecule has 5 nitrogen and oxygen atoms in total. The van der Waals surface area contributed by atoms with Crippen LogP contribution in [0.5, 0.6) is 5.75 Å². The molecule has 0 aliphatic carbocycles. The fraction of sp³-hybridized carbons (Fsp3) is 0.462. The van der Waals surface area contributed by atoms with Crippen LogP contribution in [0.4, 0.5) is 0 Å². The van der Waals surface area contributed by atoms with Crippen LogP contribution in [-0.4, -0.2) is 38.9 Å². The summed E-state index contributed by atoms with van der Waals surface area (Å²) in [4.78, 5) is 13.9. The highest BCUT2D eigenvalue weighted by Gasteiger charge is 2.25. The van der Waals surface area contributed by atoms with Gasteiger partial charge in [0.05, 0.1) is 11.6 Å². The van der Waals surface area contributed by atoms with Gasteiger partial charge in [-0.15, -0.1) is 0 Å². The molecule has 0 aromatic heterocycles. The second-order valence-electron chi connectivity index (χ2n) is 4.61. The van der Waals surface area contributed by atoms with Gasteiger partial charge in [0.2, 0.25) is 0 Å². The Hall–Kier alpha value is -0.790. The maximum atomic E-state index is 12.5. The van der Waals surface area contributed by atoms with Gasteiger partial charge in [-0.2, -0.15) is 0 Å². The average molecular weight is 399 g/mol. The van der Waals surface area contributed by atoms with E-state index in [0.29, 0.717) is 11.0 Å². The van der Waals surface area contributed by atoms with Crippen LogP contribution in [0.15, 0.2) is 21.5 Å². The molecule has 0 aliphatic heterocycles. The number of carbonyl (C=O) groups is 1. The maximum Gasteiger partial charge on any atom is 0.265 e. The lowest BCUT2D eigenvalue weighted by molar-refractivity contribution is 0.0716. The minimum atomic E-state index is -4.03. The van der Waals surface area contributed by atoms with Crippen molar-refractivity contribution in [3.63, 3.8) is 0 Å². The van der Waals surface area contributed by atoms with Crippen molar-refractivity contribution in [3.8, 4) is 5.75 Å². The third-order valence-corrected chi connectivity index (χ3v) is 4.86. The first-order chi connectivity index (χ1) is 9.63. The molecular weight excluding hydrogens is 382 g/mol. The standard InChI is InChI=1S/C13H17BrClNO4S/c1-5-16(8(2)3)13(17)9-6-10(14)12(20-4)11(7-9)21(15,18)19/h6-8H,5H2,1-4H3. The number of rotatable bonds is 5. The van der Waals surface area contributed by atoms with Gasteiger partial charge in [0.1, 0.15) is 4.90 Å². The Balaban J connectivity index is 3.47. The summed E-state index contributed by atoms with van der Waals surface area (Å²) in [6, 6.07) is 2.76. The zero-order valence-electron chi connectivity index (χ0n) is 12.2. The first-order valence-electron chi connectivity index (χ1n) is 6.26. The van der Waals surface area contributed by atoms with Crippen molar-refractivity contribution in [2.45, 2.75) is 31.7 Å². The van der Waals surface area contributed by atoms with Crippen LogP contribution in [0.3, 0.4) is 0 Å². The topological polar surface area (TPSA) is 63.7 Å². The maximum absolute atomic E-state index is 12.5. The molecule has 0 unspecified atom stereocenters. The highest BCUT2D eigenvalue weighted by molar-refractivity contribution is 9.10. The van der Waals surface area contributed by atoms with Crippen LogP contribution in [0, 0.1) is 0 Å². The van der Waals surface area contributed by atoms with E-state index in [0.717, 1.165) is 0 Å². The van der Waals surface area contributed by atoms with Crippen LogP contribution in [-0.2, 0) is 9.05 Å². The van der Waals surface area contributed by atoms with Crippen LogP contribution < -0.4 is 4.74 Å². The molecule has 0 atom stereocenters. The van der Waals surface area contributed by atoms with E-state index in [4.69, 9.17) is 15.4 Å². The highest BCUT2D eigenvalue weighted by atomic mass is 79.9. The van der Waals surface area contributed by atoms with Gasteiger partial charge in [-0.25, -0.2) is 8.42 Å². The molecule has 0 spiro atoms. The largest absolute Gasteiger partial charge is 0.494 e. The molecule has 1 aromatic rings. The van der Waals surface area contributed by atoms with Gasteiger partial charge in [0.25, 0.3) is 15.0 Å². The predicted octanol–water partition coefficient (Wildman–Crippen LogP) is 3.26. The number of nitrogens with zero attached hydrogens (tertiary/aromatic N) is 1. The average Bonchev–Trinajstić information content (AvgIpc) is 2.36. The summed E-state index contributed by atoms with van der Waals surface area (Å²) >= 11 is 3.21. The summed E-state index contributed by atoms with van der Waals surface area (Å²) in [5.74, 6) is -0.188. The monoisotopic (exact) mass is 397 g/mol. The lowest BCUT2D eigenvalue weighted by atomic mass is 10.1. The number of halogens is 2. The summed E-state index contributed by atoms with van der Waals surface area (Å²) in [6.45, 7) is 6.15. The summed E-state index contributed by atoms with van der Waals surface area (Å²) in [6.07, 6.45) is 0. The Kier molecular flexibility index (Phi) is 6.07. The van der Waals surface area contributed by atoms with Crippen LogP contribution >= 0.6 is 26.6 Å². The first-order valence-corrected chi connectivity index (χ1v) is 9.36. The van der Waals surface area contributed by atoms with E-state index in [1.165, 1.54) is 19.2 Å². The Bertz CT molecular complexity index is 646. The van der Waals surface area contributed by atoms with Crippen molar-refractivity contribution in [1.29, 1.82) is 0 Å². The van der Waals surface area contributed by atoms with Gasteiger partial charge < -0.3 is 9.64 Å². The minimum Gasteiger partial charge on any atom is -0.494 e. The van der Waals surface area contributed by atoms with Gasteiger partial charge in [0.15, 0.2) is 5.75 Å². The smallest absolute Gasteiger partial charge is 0.265 e. The van der Waals surface area contributed by atoms with Crippen molar-refractivity contribution in [2.24, 2.45) is 0 Å². The van der Waals surface area contributed by atoms with E-state index in [1.54, 1.807) is 4.90 Å². The third-order valence-electron chi connectivity index (χ3n) is 2.95. The van der Waals surface area contributed by atoms with Crippen LogP contribution in [0.2, 0.25) is 0 Å². The summed E-state index contributed by atoms with van der Waals surface area (Å²) in [5, 5.41) is 0. The van der Waals surface area contributed by atoms with Crippen molar-refractivity contribution < 1.29 is 17.9 Å². The summed E-state index contributed by atoms with van der Waals surface area (Å²) in [5.41, 5.74) is 0.234. The van der Waals surface area contributed by atoms with Gasteiger partial charge in [-0.3, -0.25) is 4.79 Å². The number of hydrogen-bond acceptors (Lipinski definition) is 4. The lowest BCUT2D eigenvalue weighted by Crippen LogP contribution is -2.36. The van der Waals surface area contributed by atoms with E-state index in [2.05, 4.69) is 15.9 Å². The fourth-order valence-electron chi connectivity index (χ4n) is 1.98. The minimum absolute atomic E-state index is 0.000522. The Labute approximate surface area is 137 Å². The molecular formula is C13H17BrClNO4S. The second-order valence-corrected chi connectivity index (χ2v) is 8.00. The highest BCUT2D eigenvalue weighted by Crippen LogP contribution is 2.35. The Morgan fingerprint density at radius 1 is 1.43 bits per heavy atom. The first kappa shape index (κ1) is 18.3. The molecule has 0 aliphatic rings. The van der Waals surface area contributed by atoms with E-state index in [-0.39, 0.29) is 28.2 Å². The molecule has 1 rings (SSSR count). The number of ether oxygens (including phenoxy) is 1. The molecule has 1 amide bonds. The van der Waals surface area contributed by atoms with Crippen LogP contribution in [0.25, 0.3) is 0 Å². The van der Waals surface area contributed by atoms with E-state index < -0.39 is 9.05 Å². The molecule has 0 saturated heterocycles. The molecule has 1 aromatic carbocycles. The molecule has 118 valence electrons. The molecule has 21 heavy (non-hydrogen) atoms. The Morgan fingerprint density at radius 3 is 2.38 bits per heavy atom. The van der Waals surface area contributed by atoms with Crippen molar-refractivity contribution in [2.75, 3.05) is 13.7 Å². The van der Waals surface area contributed by atoms with Crippen molar-refractivity contribution in [3.05, 3.63) is 22.2 Å². The molecule has 0 fully saturated rings. The zero-order chi connectivity index (χ0) is 16.4. The van der Waals surface area contributed by atoms with Crippen molar-refractivity contribution in [1.82, 2.24) is 4.90 Å². The van der Waals surface area contributed by atoms with Gasteiger partial charge in [-0.05, 0) is 48.8 Å². The van der Waals surface area contributed by atoms with Gasteiger partial charge >= 0.3 is 0 Å². The molecule has 0 bridgehead atoms. The van der Waals surface area contributed by atoms with Gasteiger partial charge in [-0.1, -0.05) is 0 Å². The molecule has 0 radical (unpaired) electrons. The number of amides is 1. The van der Waals surface area contributed by atoms with Gasteiger partial charge in [0, 0.05) is 28.8 Å². The van der Waals surface area contributed by atoms with E-state index in [1.807, 2.05) is 20.8 Å². The van der Waals surface area contributed by atoms with Crippen molar-refractivity contribution >= 4 is 41.6 Å². The van der Waals surface area contributed by atoms with E-state index >= 15 is 0 Å². The molecule has 8 heteroatoms. The molecule has 0 heterocycles. The van der Waals surface area contributed by atoms with E-state index in [9.17, 15) is 13.2 Å². The Morgan fingerprint density at radius 2 is 2.00 bits per heavy atom. The normalized spacial score (nSPS) is 11.6.